The van der Waals surface area contributed by atoms with Crippen molar-refractivity contribution in [3.05, 3.63) is 28.7 Å². The van der Waals surface area contributed by atoms with E-state index in [1.807, 2.05) is 24.3 Å². The molecule has 0 spiro atoms. The second kappa shape index (κ2) is 8.97. The Morgan fingerprint density at radius 2 is 1.72 bits per heavy atom. The topological polar surface area (TPSA) is 35.5 Å². The molecule has 1 aliphatic carbocycles. The second-order valence-electron chi connectivity index (χ2n) is 4.16. The molecule has 3 nitrogen and oxygen atoms in total. The van der Waals surface area contributed by atoms with E-state index >= 15 is 0 Å². The SMILES string of the molecule is Brc1ccc(OC2CCCCC2)cc1.COC=O. The highest BCUT2D eigenvalue weighted by Crippen LogP contribution is 2.24. The van der Waals surface area contributed by atoms with Crippen LogP contribution >= 0.6 is 15.9 Å². The molecule has 0 heterocycles. The molecule has 1 aromatic rings. The Balaban J connectivity index is 0.000000357. The normalized spacial score (nSPS) is 15.2. The van der Waals surface area contributed by atoms with E-state index in [4.69, 9.17) is 9.53 Å². The lowest BCUT2D eigenvalue weighted by molar-refractivity contribution is -0.126. The summed E-state index contributed by atoms with van der Waals surface area (Å²) in [6.45, 7) is 0.375. The predicted octanol–water partition coefficient (Wildman–Crippen LogP) is 3.95. The van der Waals surface area contributed by atoms with Crippen LogP contribution in [0.5, 0.6) is 5.75 Å². The number of carbonyl (C=O) groups excluding carboxylic acids is 1. The minimum Gasteiger partial charge on any atom is -0.490 e. The minimum absolute atomic E-state index is 0.375. The van der Waals surface area contributed by atoms with Crippen LogP contribution in [-0.4, -0.2) is 19.7 Å². The van der Waals surface area contributed by atoms with Crippen LogP contribution in [0.3, 0.4) is 0 Å². The Bertz CT molecular complexity index is 331. The molecular formula is C14H19BrO3. The average Bonchev–Trinajstić information content (AvgIpc) is 2.43. The fraction of sp³-hybridized carbons (Fsp3) is 0.500. The summed E-state index contributed by atoms with van der Waals surface area (Å²) in [6, 6.07) is 8.10. The lowest BCUT2D eigenvalue weighted by Crippen LogP contribution is -2.19. The Kier molecular flexibility index (Phi) is 7.49. The third-order valence-corrected chi connectivity index (χ3v) is 3.29. The molecule has 0 aliphatic heterocycles. The summed E-state index contributed by atoms with van der Waals surface area (Å²) < 4.78 is 10.9. The lowest BCUT2D eigenvalue weighted by Gasteiger charge is -2.22. The van der Waals surface area contributed by atoms with E-state index in [2.05, 4.69) is 20.7 Å². The molecule has 100 valence electrons. The molecule has 0 saturated heterocycles. The minimum atomic E-state index is 0.375. The van der Waals surface area contributed by atoms with Crippen molar-refractivity contribution in [2.75, 3.05) is 7.11 Å². The summed E-state index contributed by atoms with van der Waals surface area (Å²) in [5, 5.41) is 0. The maximum absolute atomic E-state index is 8.95. The van der Waals surface area contributed by atoms with Crippen LogP contribution in [0, 0.1) is 0 Å². The third kappa shape index (κ3) is 6.05. The molecule has 0 bridgehead atoms. The molecule has 1 saturated carbocycles. The number of carbonyl (C=O) groups is 1. The average molecular weight is 315 g/mol. The molecule has 0 N–H and O–H groups in total. The van der Waals surface area contributed by atoms with Gasteiger partial charge in [0.25, 0.3) is 6.47 Å². The van der Waals surface area contributed by atoms with E-state index in [-0.39, 0.29) is 0 Å². The molecule has 0 atom stereocenters. The maximum Gasteiger partial charge on any atom is 0.292 e. The van der Waals surface area contributed by atoms with Gasteiger partial charge in [-0.25, -0.2) is 0 Å². The molecule has 1 aromatic carbocycles. The van der Waals surface area contributed by atoms with Gasteiger partial charge >= 0.3 is 0 Å². The molecule has 0 amide bonds. The molecule has 4 heteroatoms. The van der Waals surface area contributed by atoms with E-state index in [9.17, 15) is 0 Å². The lowest BCUT2D eigenvalue weighted by atomic mass is 9.98. The molecule has 2 rings (SSSR count). The summed E-state index contributed by atoms with van der Waals surface area (Å²) >= 11 is 3.42. The van der Waals surface area contributed by atoms with Crippen LogP contribution in [0.1, 0.15) is 32.1 Å². The first kappa shape index (κ1) is 15.0. The van der Waals surface area contributed by atoms with E-state index in [0.29, 0.717) is 12.6 Å². The first-order chi connectivity index (χ1) is 8.76. The van der Waals surface area contributed by atoms with Gasteiger partial charge in [0.2, 0.25) is 0 Å². The standard InChI is InChI=1S/C12H15BrO.C2H4O2/c13-10-6-8-12(9-7-10)14-11-4-2-1-3-5-11;1-4-2-3/h6-9,11H,1-5H2;2H,1H3. The van der Waals surface area contributed by atoms with Gasteiger partial charge in [0.05, 0.1) is 13.2 Å². The highest BCUT2D eigenvalue weighted by Gasteiger charge is 2.14. The zero-order chi connectivity index (χ0) is 13.2. The quantitative estimate of drug-likeness (QED) is 0.792. The molecule has 0 aromatic heterocycles. The van der Waals surface area contributed by atoms with Gasteiger partial charge in [-0.15, -0.1) is 0 Å². The Hall–Kier alpha value is -1.03. The maximum atomic E-state index is 8.95. The molecule has 1 fully saturated rings. The van der Waals surface area contributed by atoms with Crippen molar-refractivity contribution in [2.45, 2.75) is 38.2 Å². The molecule has 1 aliphatic rings. The van der Waals surface area contributed by atoms with Crippen molar-refractivity contribution >= 4 is 22.4 Å². The number of benzene rings is 1. The van der Waals surface area contributed by atoms with Crippen molar-refractivity contribution in [2.24, 2.45) is 0 Å². The van der Waals surface area contributed by atoms with Gasteiger partial charge in [0.1, 0.15) is 5.75 Å². The largest absolute Gasteiger partial charge is 0.490 e. The van der Waals surface area contributed by atoms with E-state index in [1.54, 1.807) is 0 Å². The molecule has 18 heavy (non-hydrogen) atoms. The van der Waals surface area contributed by atoms with Gasteiger partial charge in [0.15, 0.2) is 0 Å². The Labute approximate surface area is 117 Å². The zero-order valence-corrected chi connectivity index (χ0v) is 12.2. The Morgan fingerprint density at radius 1 is 1.17 bits per heavy atom. The van der Waals surface area contributed by atoms with Crippen molar-refractivity contribution in [1.82, 2.24) is 0 Å². The molecular weight excluding hydrogens is 296 g/mol. The van der Waals surface area contributed by atoms with Gasteiger partial charge in [-0.2, -0.15) is 0 Å². The van der Waals surface area contributed by atoms with E-state index in [1.165, 1.54) is 39.2 Å². The number of hydrogen-bond donors (Lipinski definition) is 0. The van der Waals surface area contributed by atoms with Crippen molar-refractivity contribution in [3.8, 4) is 5.75 Å². The van der Waals surface area contributed by atoms with Gasteiger partial charge in [-0.05, 0) is 49.9 Å². The number of ether oxygens (including phenoxy) is 2. The highest BCUT2D eigenvalue weighted by atomic mass is 79.9. The van der Waals surface area contributed by atoms with Crippen LogP contribution in [0.25, 0.3) is 0 Å². The fourth-order valence-electron chi connectivity index (χ4n) is 1.89. The number of hydrogen-bond acceptors (Lipinski definition) is 3. The van der Waals surface area contributed by atoms with Crippen LogP contribution in [0.15, 0.2) is 28.7 Å². The van der Waals surface area contributed by atoms with Crippen LogP contribution in [-0.2, 0) is 9.53 Å². The summed E-state index contributed by atoms with van der Waals surface area (Å²) in [5.41, 5.74) is 0. The van der Waals surface area contributed by atoms with Crippen LogP contribution in [0.4, 0.5) is 0 Å². The Morgan fingerprint density at radius 3 is 2.22 bits per heavy atom. The first-order valence-electron chi connectivity index (χ1n) is 6.15. The number of rotatable bonds is 3. The molecule has 0 radical (unpaired) electrons. The van der Waals surface area contributed by atoms with Gasteiger partial charge in [-0.3, -0.25) is 4.79 Å². The predicted molar refractivity (Wildman–Crippen MR) is 74.7 cm³/mol. The van der Waals surface area contributed by atoms with Crippen LogP contribution in [0.2, 0.25) is 0 Å². The summed E-state index contributed by atoms with van der Waals surface area (Å²) in [6.07, 6.45) is 6.90. The summed E-state index contributed by atoms with van der Waals surface area (Å²) in [4.78, 5) is 8.95. The summed E-state index contributed by atoms with van der Waals surface area (Å²) in [7, 11) is 1.31. The number of methoxy groups -OCH3 is 1. The van der Waals surface area contributed by atoms with Gasteiger partial charge < -0.3 is 9.47 Å². The highest BCUT2D eigenvalue weighted by molar-refractivity contribution is 9.10. The monoisotopic (exact) mass is 314 g/mol. The third-order valence-electron chi connectivity index (χ3n) is 2.76. The zero-order valence-electron chi connectivity index (χ0n) is 10.6. The summed E-state index contributed by atoms with van der Waals surface area (Å²) in [5.74, 6) is 1.00. The van der Waals surface area contributed by atoms with Crippen LogP contribution < -0.4 is 4.74 Å². The van der Waals surface area contributed by atoms with E-state index < -0.39 is 0 Å². The van der Waals surface area contributed by atoms with Crippen molar-refractivity contribution < 1.29 is 14.3 Å². The van der Waals surface area contributed by atoms with Gasteiger partial charge in [-0.1, -0.05) is 22.4 Å². The van der Waals surface area contributed by atoms with Crippen molar-refractivity contribution in [3.63, 3.8) is 0 Å². The smallest absolute Gasteiger partial charge is 0.292 e. The van der Waals surface area contributed by atoms with Gasteiger partial charge in [0, 0.05) is 4.47 Å². The fourth-order valence-corrected chi connectivity index (χ4v) is 2.15. The molecule has 0 unspecified atom stereocenters. The number of halogens is 1. The first-order valence-corrected chi connectivity index (χ1v) is 6.94. The second-order valence-corrected chi connectivity index (χ2v) is 5.08. The van der Waals surface area contributed by atoms with E-state index in [0.717, 1.165) is 10.2 Å². The van der Waals surface area contributed by atoms with Crippen molar-refractivity contribution in [1.29, 1.82) is 0 Å².